The minimum Gasteiger partial charge on any atom is -0.356 e. The molecule has 3 aromatic rings. The molecule has 1 atom stereocenters. The summed E-state index contributed by atoms with van der Waals surface area (Å²) in [7, 11) is 0. The number of hydrogen-bond donors (Lipinski definition) is 1. The van der Waals surface area contributed by atoms with Gasteiger partial charge in [0.15, 0.2) is 5.82 Å². The predicted octanol–water partition coefficient (Wildman–Crippen LogP) is 3.73. The summed E-state index contributed by atoms with van der Waals surface area (Å²) >= 11 is 0. The molecule has 7 heteroatoms. The van der Waals surface area contributed by atoms with Crippen molar-refractivity contribution in [2.75, 3.05) is 24.5 Å². The molecule has 3 heterocycles. The van der Waals surface area contributed by atoms with E-state index in [1.54, 1.807) is 6.33 Å². The molecule has 0 spiro atoms. The summed E-state index contributed by atoms with van der Waals surface area (Å²) in [4.78, 5) is 23.7. The minimum atomic E-state index is 0.0673. The van der Waals surface area contributed by atoms with E-state index in [1.807, 2.05) is 42.8 Å². The maximum atomic E-state index is 12.5. The van der Waals surface area contributed by atoms with Crippen LogP contribution < -0.4 is 10.2 Å². The van der Waals surface area contributed by atoms with Crippen LogP contribution in [0.4, 0.5) is 5.82 Å². The van der Waals surface area contributed by atoms with Crippen molar-refractivity contribution >= 4 is 11.7 Å². The van der Waals surface area contributed by atoms with Gasteiger partial charge in [-0.3, -0.25) is 4.79 Å². The van der Waals surface area contributed by atoms with Crippen LogP contribution in [0.1, 0.15) is 54.6 Å². The number of aryl methyl sites for hydroxylation is 1. The van der Waals surface area contributed by atoms with Gasteiger partial charge in [0, 0.05) is 37.8 Å². The molecule has 4 rings (SSSR count). The van der Waals surface area contributed by atoms with Crippen LogP contribution in [0.5, 0.6) is 0 Å². The summed E-state index contributed by atoms with van der Waals surface area (Å²) < 4.78 is 1.88. The summed E-state index contributed by atoms with van der Waals surface area (Å²) in [5.74, 6) is 2.08. The number of anilines is 1. The smallest absolute Gasteiger partial charge is 0.220 e. The SMILES string of the molecule is Cc1nn(-c2cc(N3CCCC3)ncn2)c(C)c1CCC(=O)NC[C@H](C)c1ccccc1. The van der Waals surface area contributed by atoms with Gasteiger partial charge in [-0.15, -0.1) is 0 Å². The van der Waals surface area contributed by atoms with E-state index in [1.165, 1.54) is 18.4 Å². The zero-order valence-corrected chi connectivity index (χ0v) is 19.2. The van der Waals surface area contributed by atoms with E-state index in [4.69, 9.17) is 5.10 Å². The highest BCUT2D eigenvalue weighted by Crippen LogP contribution is 2.22. The van der Waals surface area contributed by atoms with Crippen LogP contribution in [0, 0.1) is 13.8 Å². The van der Waals surface area contributed by atoms with Crippen molar-refractivity contribution in [1.29, 1.82) is 0 Å². The minimum absolute atomic E-state index is 0.0673. The number of aromatic nitrogens is 4. The van der Waals surface area contributed by atoms with Gasteiger partial charge in [-0.2, -0.15) is 5.10 Å². The highest BCUT2D eigenvalue weighted by Gasteiger charge is 2.18. The average Bonchev–Trinajstić information content (AvgIpc) is 3.45. The Hall–Kier alpha value is -3.22. The monoisotopic (exact) mass is 432 g/mol. The number of benzene rings is 1. The molecule has 7 nitrogen and oxygen atoms in total. The fourth-order valence-corrected chi connectivity index (χ4v) is 4.33. The van der Waals surface area contributed by atoms with Crippen LogP contribution in [-0.4, -0.2) is 45.3 Å². The molecular weight excluding hydrogens is 400 g/mol. The number of rotatable bonds is 8. The van der Waals surface area contributed by atoms with Gasteiger partial charge in [-0.05, 0) is 50.2 Å². The lowest BCUT2D eigenvalue weighted by Gasteiger charge is -2.16. The van der Waals surface area contributed by atoms with Crippen LogP contribution in [0.15, 0.2) is 42.7 Å². The van der Waals surface area contributed by atoms with E-state index in [0.717, 1.165) is 41.7 Å². The molecule has 0 bridgehead atoms. The molecule has 0 saturated carbocycles. The predicted molar refractivity (Wildman–Crippen MR) is 126 cm³/mol. The second kappa shape index (κ2) is 9.94. The highest BCUT2D eigenvalue weighted by atomic mass is 16.1. The van der Waals surface area contributed by atoms with Crippen LogP contribution >= 0.6 is 0 Å². The van der Waals surface area contributed by atoms with Crippen LogP contribution in [-0.2, 0) is 11.2 Å². The lowest BCUT2D eigenvalue weighted by molar-refractivity contribution is -0.121. The summed E-state index contributed by atoms with van der Waals surface area (Å²) in [5.41, 5.74) is 4.31. The Morgan fingerprint density at radius 1 is 1.09 bits per heavy atom. The molecule has 0 unspecified atom stereocenters. The molecule has 2 aromatic heterocycles. The first-order valence-electron chi connectivity index (χ1n) is 11.5. The van der Waals surface area contributed by atoms with E-state index in [0.29, 0.717) is 19.4 Å². The van der Waals surface area contributed by atoms with Crippen LogP contribution in [0.2, 0.25) is 0 Å². The number of amides is 1. The molecule has 1 aliphatic heterocycles. The van der Waals surface area contributed by atoms with Gasteiger partial charge in [0.25, 0.3) is 0 Å². The maximum absolute atomic E-state index is 12.5. The first-order chi connectivity index (χ1) is 15.5. The largest absolute Gasteiger partial charge is 0.356 e. The Labute approximate surface area is 189 Å². The van der Waals surface area contributed by atoms with Crippen molar-refractivity contribution in [2.45, 2.75) is 52.4 Å². The van der Waals surface area contributed by atoms with Gasteiger partial charge in [0.2, 0.25) is 5.91 Å². The summed E-state index contributed by atoms with van der Waals surface area (Å²) in [6.45, 7) is 8.89. The van der Waals surface area contributed by atoms with E-state index in [-0.39, 0.29) is 11.8 Å². The summed E-state index contributed by atoms with van der Waals surface area (Å²) in [6.07, 6.45) is 5.12. The maximum Gasteiger partial charge on any atom is 0.220 e. The molecule has 1 saturated heterocycles. The number of carbonyl (C=O) groups is 1. The van der Waals surface area contributed by atoms with E-state index >= 15 is 0 Å². The molecule has 1 N–H and O–H groups in total. The second-order valence-electron chi connectivity index (χ2n) is 8.61. The van der Waals surface area contributed by atoms with E-state index in [9.17, 15) is 4.79 Å². The molecule has 0 aliphatic carbocycles. The molecular formula is C25H32N6O. The topological polar surface area (TPSA) is 75.9 Å². The third-order valence-electron chi connectivity index (χ3n) is 6.30. The molecule has 168 valence electrons. The summed E-state index contributed by atoms with van der Waals surface area (Å²) in [5, 5.41) is 7.79. The van der Waals surface area contributed by atoms with Gasteiger partial charge in [-0.1, -0.05) is 37.3 Å². The Bertz CT molecular complexity index is 1060. The van der Waals surface area contributed by atoms with Crippen LogP contribution in [0.3, 0.4) is 0 Å². The standard InChI is InChI=1S/C25H32N6O/c1-18(21-9-5-4-6-10-21)16-26-25(32)12-11-22-19(2)29-31(20(22)3)24-15-23(27-17-28-24)30-13-7-8-14-30/h4-6,9-10,15,17-18H,7-8,11-14,16H2,1-3H3,(H,26,32)/t18-/m0/s1. The third kappa shape index (κ3) is 4.98. The number of carbonyl (C=O) groups excluding carboxylic acids is 1. The van der Waals surface area contributed by atoms with E-state index in [2.05, 4.69) is 39.2 Å². The first-order valence-corrected chi connectivity index (χ1v) is 11.5. The lowest BCUT2D eigenvalue weighted by Crippen LogP contribution is -2.27. The molecule has 1 fully saturated rings. The first kappa shape index (κ1) is 22.0. The Morgan fingerprint density at radius 2 is 1.81 bits per heavy atom. The zero-order chi connectivity index (χ0) is 22.5. The fourth-order valence-electron chi connectivity index (χ4n) is 4.33. The van der Waals surface area contributed by atoms with Gasteiger partial charge in [-0.25, -0.2) is 14.6 Å². The molecule has 1 amide bonds. The quantitative estimate of drug-likeness (QED) is 0.587. The summed E-state index contributed by atoms with van der Waals surface area (Å²) in [6, 6.07) is 12.3. The van der Waals surface area contributed by atoms with Gasteiger partial charge in [0.1, 0.15) is 12.1 Å². The number of nitrogens with one attached hydrogen (secondary N) is 1. The van der Waals surface area contributed by atoms with Crippen molar-refractivity contribution in [2.24, 2.45) is 0 Å². The van der Waals surface area contributed by atoms with Gasteiger partial charge >= 0.3 is 0 Å². The Balaban J connectivity index is 1.38. The molecule has 1 aromatic carbocycles. The van der Waals surface area contributed by atoms with Crippen molar-refractivity contribution in [1.82, 2.24) is 25.1 Å². The Kier molecular flexibility index (Phi) is 6.83. The average molecular weight is 433 g/mol. The van der Waals surface area contributed by atoms with Gasteiger partial charge < -0.3 is 10.2 Å². The van der Waals surface area contributed by atoms with Crippen molar-refractivity contribution in [3.05, 3.63) is 65.2 Å². The molecule has 1 aliphatic rings. The Morgan fingerprint density at radius 3 is 2.56 bits per heavy atom. The fraction of sp³-hybridized carbons (Fsp3) is 0.440. The normalized spacial score (nSPS) is 14.5. The van der Waals surface area contributed by atoms with Gasteiger partial charge in [0.05, 0.1) is 5.69 Å². The van der Waals surface area contributed by atoms with Crippen molar-refractivity contribution in [3.8, 4) is 5.82 Å². The van der Waals surface area contributed by atoms with Crippen molar-refractivity contribution < 1.29 is 4.79 Å². The van der Waals surface area contributed by atoms with Crippen molar-refractivity contribution in [3.63, 3.8) is 0 Å². The highest BCUT2D eigenvalue weighted by molar-refractivity contribution is 5.76. The number of nitrogens with zero attached hydrogens (tertiary/aromatic N) is 5. The zero-order valence-electron chi connectivity index (χ0n) is 19.2. The third-order valence-corrected chi connectivity index (χ3v) is 6.30. The number of hydrogen-bond acceptors (Lipinski definition) is 5. The molecule has 32 heavy (non-hydrogen) atoms. The second-order valence-corrected chi connectivity index (χ2v) is 8.61. The lowest BCUT2D eigenvalue weighted by atomic mass is 10.0. The van der Waals surface area contributed by atoms with E-state index < -0.39 is 0 Å². The van der Waals surface area contributed by atoms with Crippen LogP contribution in [0.25, 0.3) is 5.82 Å². The molecule has 0 radical (unpaired) electrons.